The Morgan fingerprint density at radius 3 is 2.28 bits per heavy atom. The highest BCUT2D eigenvalue weighted by Gasteiger charge is 2.12. The zero-order valence-electron chi connectivity index (χ0n) is 13.4. The molecule has 0 radical (unpaired) electrons. The normalized spacial score (nSPS) is 12.0. The van der Waals surface area contributed by atoms with Crippen LogP contribution in [0.1, 0.15) is 21.6 Å². The average molecular weight is 353 g/mol. The summed E-state index contributed by atoms with van der Waals surface area (Å²) in [7, 11) is 0. The van der Waals surface area contributed by atoms with Crippen LogP contribution in [0.3, 0.4) is 0 Å². The Hall–Kier alpha value is -2.70. The fraction of sp³-hybridized carbons (Fsp3) is 0.105. The summed E-state index contributed by atoms with van der Waals surface area (Å²) in [5.74, 6) is -0.498. The standard InChI is InChI=1S/C19H18N2O3S/c20-19(22)18-10-17(12-21(18)11-14-4-2-1-3-5-14)16-8-6-15(7-9-16)13-25(23)24/h1-10,12H,11,13H2,(H2,20,22)(H,23,24)/p-1. The Balaban J connectivity index is 1.91. The van der Waals surface area contributed by atoms with E-state index < -0.39 is 17.0 Å². The quantitative estimate of drug-likeness (QED) is 0.691. The molecule has 6 heteroatoms. The molecule has 0 aliphatic rings. The zero-order chi connectivity index (χ0) is 17.8. The molecule has 5 nitrogen and oxygen atoms in total. The number of nitrogens with zero attached hydrogens (tertiary/aromatic N) is 1. The van der Waals surface area contributed by atoms with Crippen molar-refractivity contribution in [1.29, 1.82) is 0 Å². The zero-order valence-corrected chi connectivity index (χ0v) is 14.2. The van der Waals surface area contributed by atoms with E-state index in [0.29, 0.717) is 12.2 Å². The lowest BCUT2D eigenvalue weighted by molar-refractivity contribution is 0.0992. The number of rotatable bonds is 6. The summed E-state index contributed by atoms with van der Waals surface area (Å²) in [6.07, 6.45) is 1.88. The van der Waals surface area contributed by atoms with Crippen molar-refractivity contribution in [2.75, 3.05) is 0 Å². The fourth-order valence-electron chi connectivity index (χ4n) is 2.72. The van der Waals surface area contributed by atoms with Gasteiger partial charge >= 0.3 is 0 Å². The molecule has 1 aromatic heterocycles. The maximum Gasteiger partial charge on any atom is 0.265 e. The molecule has 2 N–H and O–H groups in total. The van der Waals surface area contributed by atoms with Crippen LogP contribution in [0, 0.1) is 0 Å². The van der Waals surface area contributed by atoms with Gasteiger partial charge in [-0.3, -0.25) is 9.00 Å². The molecule has 128 valence electrons. The van der Waals surface area contributed by atoms with Crippen molar-refractivity contribution < 1.29 is 13.6 Å². The van der Waals surface area contributed by atoms with E-state index in [1.54, 1.807) is 18.2 Å². The Bertz CT molecular complexity index is 902. The molecule has 1 heterocycles. The van der Waals surface area contributed by atoms with Gasteiger partial charge in [-0.15, -0.1) is 0 Å². The second kappa shape index (κ2) is 7.46. The Labute approximate surface area is 148 Å². The van der Waals surface area contributed by atoms with Crippen molar-refractivity contribution >= 4 is 17.0 Å². The summed E-state index contributed by atoms with van der Waals surface area (Å²) in [6.45, 7) is 0.548. The fourth-order valence-corrected chi connectivity index (χ4v) is 3.18. The molecular weight excluding hydrogens is 336 g/mol. The molecule has 1 atom stereocenters. The average Bonchev–Trinajstić information content (AvgIpc) is 3.00. The molecule has 3 rings (SSSR count). The molecule has 1 amide bonds. The number of hydrogen-bond donors (Lipinski definition) is 1. The first-order valence-corrected chi connectivity index (χ1v) is 8.96. The maximum atomic E-state index is 11.8. The molecule has 0 aliphatic carbocycles. The Morgan fingerprint density at radius 2 is 1.68 bits per heavy atom. The lowest BCUT2D eigenvalue weighted by Crippen LogP contribution is -2.16. The molecular formula is C19H17N2O3S-. The van der Waals surface area contributed by atoms with Gasteiger partial charge in [0.2, 0.25) is 0 Å². The molecule has 0 aliphatic heterocycles. The first kappa shape index (κ1) is 17.1. The topological polar surface area (TPSA) is 88.2 Å². The lowest BCUT2D eigenvalue weighted by atomic mass is 10.1. The van der Waals surface area contributed by atoms with E-state index in [2.05, 4.69) is 0 Å². The maximum absolute atomic E-state index is 11.8. The molecule has 2 aromatic carbocycles. The van der Waals surface area contributed by atoms with Crippen molar-refractivity contribution in [2.24, 2.45) is 5.73 Å². The third kappa shape index (κ3) is 4.23. The van der Waals surface area contributed by atoms with Crippen molar-refractivity contribution in [3.63, 3.8) is 0 Å². The van der Waals surface area contributed by atoms with Gasteiger partial charge in [-0.2, -0.15) is 0 Å². The van der Waals surface area contributed by atoms with Gasteiger partial charge < -0.3 is 14.9 Å². The van der Waals surface area contributed by atoms with Gasteiger partial charge in [-0.1, -0.05) is 65.7 Å². The lowest BCUT2D eigenvalue weighted by Gasteiger charge is -2.07. The Morgan fingerprint density at radius 1 is 1.00 bits per heavy atom. The molecule has 0 bridgehead atoms. The number of hydrogen-bond acceptors (Lipinski definition) is 3. The van der Waals surface area contributed by atoms with Crippen LogP contribution in [0.5, 0.6) is 0 Å². The first-order chi connectivity index (χ1) is 12.0. The van der Waals surface area contributed by atoms with Gasteiger partial charge in [-0.25, -0.2) is 0 Å². The van der Waals surface area contributed by atoms with Gasteiger partial charge in [-0.05, 0) is 22.8 Å². The summed E-state index contributed by atoms with van der Waals surface area (Å²) >= 11 is -2.11. The molecule has 0 saturated heterocycles. The van der Waals surface area contributed by atoms with E-state index in [0.717, 1.165) is 22.3 Å². The third-order valence-corrected chi connectivity index (χ3v) is 4.49. The van der Waals surface area contributed by atoms with E-state index in [9.17, 15) is 13.6 Å². The third-order valence-electron chi connectivity index (χ3n) is 3.92. The number of benzene rings is 2. The van der Waals surface area contributed by atoms with Crippen molar-refractivity contribution in [3.05, 3.63) is 83.7 Å². The Kier molecular flexibility index (Phi) is 5.11. The summed E-state index contributed by atoms with van der Waals surface area (Å²) < 4.78 is 23.4. The van der Waals surface area contributed by atoms with Gasteiger partial charge in [0, 0.05) is 24.1 Å². The van der Waals surface area contributed by atoms with E-state index in [1.165, 1.54) is 0 Å². The second-order valence-electron chi connectivity index (χ2n) is 5.74. The molecule has 25 heavy (non-hydrogen) atoms. The molecule has 0 saturated carbocycles. The number of aromatic nitrogens is 1. The van der Waals surface area contributed by atoms with Gasteiger partial charge in [0.15, 0.2) is 0 Å². The van der Waals surface area contributed by atoms with Gasteiger partial charge in [0.25, 0.3) is 5.91 Å². The van der Waals surface area contributed by atoms with Crippen LogP contribution in [-0.2, 0) is 23.4 Å². The van der Waals surface area contributed by atoms with E-state index in [1.807, 2.05) is 53.2 Å². The van der Waals surface area contributed by atoms with Crippen LogP contribution in [0.4, 0.5) is 0 Å². The predicted molar refractivity (Wildman–Crippen MR) is 96.6 cm³/mol. The van der Waals surface area contributed by atoms with Crippen molar-refractivity contribution in [1.82, 2.24) is 4.57 Å². The monoisotopic (exact) mass is 353 g/mol. The number of carbonyl (C=O) groups excluding carboxylic acids is 1. The number of amides is 1. The van der Waals surface area contributed by atoms with Crippen LogP contribution in [-0.4, -0.2) is 19.2 Å². The van der Waals surface area contributed by atoms with Crippen molar-refractivity contribution in [3.8, 4) is 11.1 Å². The van der Waals surface area contributed by atoms with Crippen molar-refractivity contribution in [2.45, 2.75) is 12.3 Å². The van der Waals surface area contributed by atoms with Gasteiger partial charge in [0.05, 0.1) is 0 Å². The minimum atomic E-state index is -2.11. The molecule has 3 aromatic rings. The number of carbonyl (C=O) groups is 1. The van der Waals surface area contributed by atoms with E-state index in [4.69, 9.17) is 5.73 Å². The largest absolute Gasteiger partial charge is 0.772 e. The second-order valence-corrected chi connectivity index (χ2v) is 6.63. The van der Waals surface area contributed by atoms with Gasteiger partial charge in [0.1, 0.15) is 5.69 Å². The highest BCUT2D eigenvalue weighted by atomic mass is 32.2. The number of nitrogens with two attached hydrogens (primary N) is 1. The number of primary amides is 1. The highest BCUT2D eigenvalue weighted by molar-refractivity contribution is 7.78. The van der Waals surface area contributed by atoms with E-state index >= 15 is 0 Å². The first-order valence-electron chi connectivity index (χ1n) is 7.72. The summed E-state index contributed by atoms with van der Waals surface area (Å²) in [5.41, 5.74) is 9.49. The van der Waals surface area contributed by atoms with Crippen LogP contribution in [0.2, 0.25) is 0 Å². The predicted octanol–water partition coefficient (Wildman–Crippen LogP) is 2.68. The van der Waals surface area contributed by atoms with Crippen LogP contribution >= 0.6 is 0 Å². The van der Waals surface area contributed by atoms with Crippen LogP contribution < -0.4 is 5.73 Å². The minimum Gasteiger partial charge on any atom is -0.772 e. The summed E-state index contributed by atoms with van der Waals surface area (Å²) in [5, 5.41) is 0. The van der Waals surface area contributed by atoms with Crippen LogP contribution in [0.15, 0.2) is 66.9 Å². The summed E-state index contributed by atoms with van der Waals surface area (Å²) in [6, 6.07) is 18.8. The minimum absolute atomic E-state index is 0.0121. The molecule has 1 unspecified atom stereocenters. The SMILES string of the molecule is NC(=O)c1cc(-c2ccc(CS(=O)[O-])cc2)cn1Cc1ccccc1. The van der Waals surface area contributed by atoms with E-state index in [-0.39, 0.29) is 5.75 Å². The van der Waals surface area contributed by atoms with Crippen LogP contribution in [0.25, 0.3) is 11.1 Å². The summed E-state index contributed by atoms with van der Waals surface area (Å²) in [4.78, 5) is 11.8. The smallest absolute Gasteiger partial charge is 0.265 e. The molecule has 0 fully saturated rings. The molecule has 0 spiro atoms. The highest BCUT2D eigenvalue weighted by Crippen LogP contribution is 2.24.